The Morgan fingerprint density at radius 3 is 2.87 bits per heavy atom. The van der Waals surface area contributed by atoms with Crippen LogP contribution in [-0.4, -0.2) is 35.5 Å². The quantitative estimate of drug-likeness (QED) is 0.262. The smallest absolute Gasteiger partial charge is 0.0702 e. The van der Waals surface area contributed by atoms with E-state index in [2.05, 4.69) is 43.2 Å². The number of hydrogen-bond acceptors (Lipinski definition) is 7. The Labute approximate surface area is 181 Å². The number of hydrogen-bond donors (Lipinski definition) is 3. The van der Waals surface area contributed by atoms with Crippen LogP contribution in [0.2, 0.25) is 0 Å². The van der Waals surface area contributed by atoms with Crippen molar-refractivity contribution in [2.24, 2.45) is 10.7 Å². The lowest BCUT2D eigenvalue weighted by Gasteiger charge is -2.14. The second kappa shape index (κ2) is 11.7. The van der Waals surface area contributed by atoms with Gasteiger partial charge in [-0.3, -0.25) is 19.7 Å². The zero-order valence-corrected chi connectivity index (χ0v) is 17.8. The lowest BCUT2D eigenvalue weighted by atomic mass is 10.0. The molecule has 0 saturated carbocycles. The first kappa shape index (κ1) is 21.5. The summed E-state index contributed by atoms with van der Waals surface area (Å²) in [6, 6.07) is 16.0. The van der Waals surface area contributed by atoms with Crippen LogP contribution in [0.15, 0.2) is 78.2 Å². The Balaban J connectivity index is 1.80. The Hall–Kier alpha value is -3.16. The molecule has 0 aliphatic carbocycles. The number of aliphatic imine (C=N–C) groups is 1. The summed E-state index contributed by atoms with van der Waals surface area (Å²) in [4.78, 5) is 13.0. The second-order valence-electron chi connectivity index (χ2n) is 6.43. The third-order valence-electron chi connectivity index (χ3n) is 4.31. The van der Waals surface area contributed by atoms with Gasteiger partial charge in [-0.1, -0.05) is 30.1 Å². The molecule has 0 spiro atoms. The van der Waals surface area contributed by atoms with Gasteiger partial charge in [0.1, 0.15) is 0 Å². The van der Waals surface area contributed by atoms with E-state index in [1.54, 1.807) is 30.6 Å². The van der Waals surface area contributed by atoms with Crippen LogP contribution in [0.1, 0.15) is 11.1 Å². The van der Waals surface area contributed by atoms with Crippen LogP contribution in [0.4, 0.5) is 5.69 Å². The van der Waals surface area contributed by atoms with Gasteiger partial charge in [0.2, 0.25) is 0 Å². The van der Waals surface area contributed by atoms with E-state index in [4.69, 9.17) is 5.73 Å². The summed E-state index contributed by atoms with van der Waals surface area (Å²) in [5, 5.41) is 3.47. The minimum absolute atomic E-state index is 0.567. The molecule has 0 fully saturated rings. The predicted molar refractivity (Wildman–Crippen MR) is 128 cm³/mol. The zero-order valence-electron chi connectivity index (χ0n) is 17.0. The van der Waals surface area contributed by atoms with Crippen molar-refractivity contribution < 1.29 is 0 Å². The molecule has 2 aromatic heterocycles. The standard InChI is InChI=1S/C23H26N6S/c1-25-30-14-13-29-23-8-7-19(22-6-2-3-11-28-22)15-20(23)21(24)9-12-27-17-18-5-4-10-26-16-18/h2-12,15-16,25,29H,13-14,17,24H2,1H3/b21-9-,27-12?. The summed E-state index contributed by atoms with van der Waals surface area (Å²) in [7, 11) is 1.92. The monoisotopic (exact) mass is 418 g/mol. The number of nitrogens with zero attached hydrogens (tertiary/aromatic N) is 3. The van der Waals surface area contributed by atoms with Crippen LogP contribution in [0.3, 0.4) is 0 Å². The first-order valence-corrected chi connectivity index (χ1v) is 10.7. The molecule has 0 atom stereocenters. The summed E-state index contributed by atoms with van der Waals surface area (Å²) in [5.41, 5.74) is 12.0. The molecule has 0 aliphatic heterocycles. The second-order valence-corrected chi connectivity index (χ2v) is 7.53. The van der Waals surface area contributed by atoms with E-state index in [1.165, 1.54) is 0 Å². The molecule has 1 aromatic carbocycles. The Kier molecular flexibility index (Phi) is 8.44. The summed E-state index contributed by atoms with van der Waals surface area (Å²) in [6.45, 7) is 1.39. The van der Waals surface area contributed by atoms with E-state index in [0.717, 1.165) is 40.4 Å². The molecule has 154 valence electrons. The van der Waals surface area contributed by atoms with Gasteiger partial charge in [-0.05, 0) is 49.0 Å². The van der Waals surface area contributed by atoms with Crippen LogP contribution < -0.4 is 15.8 Å². The molecule has 0 bridgehead atoms. The van der Waals surface area contributed by atoms with Crippen LogP contribution >= 0.6 is 11.9 Å². The van der Waals surface area contributed by atoms with Crippen molar-refractivity contribution in [3.05, 3.63) is 84.3 Å². The van der Waals surface area contributed by atoms with Crippen molar-refractivity contribution in [1.82, 2.24) is 14.7 Å². The van der Waals surface area contributed by atoms with Gasteiger partial charge in [0.15, 0.2) is 0 Å². The van der Waals surface area contributed by atoms with Crippen LogP contribution in [0.5, 0.6) is 0 Å². The normalized spacial score (nSPS) is 11.7. The fourth-order valence-corrected chi connectivity index (χ4v) is 3.25. The van der Waals surface area contributed by atoms with Crippen molar-refractivity contribution in [3.8, 4) is 11.3 Å². The molecular formula is C23H26N6S. The number of aromatic nitrogens is 2. The lowest BCUT2D eigenvalue weighted by Crippen LogP contribution is -2.10. The number of rotatable bonds is 10. The molecule has 0 amide bonds. The molecular weight excluding hydrogens is 392 g/mol. The zero-order chi connectivity index (χ0) is 21.0. The van der Waals surface area contributed by atoms with Gasteiger partial charge < -0.3 is 11.1 Å². The van der Waals surface area contributed by atoms with Gasteiger partial charge in [0.25, 0.3) is 0 Å². The molecule has 7 heteroatoms. The third kappa shape index (κ3) is 6.43. The number of pyridine rings is 2. The lowest BCUT2D eigenvalue weighted by molar-refractivity contribution is 1.05. The highest BCUT2D eigenvalue weighted by atomic mass is 32.2. The Bertz CT molecular complexity index is 973. The predicted octanol–water partition coefficient (Wildman–Crippen LogP) is 3.99. The van der Waals surface area contributed by atoms with E-state index < -0.39 is 0 Å². The SMILES string of the molecule is CNSCCNc1ccc(-c2ccccn2)cc1/C(N)=C/C=NCc1cccnc1. The highest BCUT2D eigenvalue weighted by molar-refractivity contribution is 7.97. The van der Waals surface area contributed by atoms with Crippen LogP contribution in [0.25, 0.3) is 17.0 Å². The molecule has 3 aromatic rings. The van der Waals surface area contributed by atoms with Crippen molar-refractivity contribution >= 4 is 29.5 Å². The van der Waals surface area contributed by atoms with Crippen LogP contribution in [-0.2, 0) is 6.54 Å². The first-order valence-electron chi connectivity index (χ1n) is 9.70. The Morgan fingerprint density at radius 2 is 2.10 bits per heavy atom. The molecule has 0 unspecified atom stereocenters. The van der Waals surface area contributed by atoms with E-state index in [1.807, 2.05) is 49.7 Å². The van der Waals surface area contributed by atoms with Gasteiger partial charge in [-0.25, -0.2) is 0 Å². The topological polar surface area (TPSA) is 88.2 Å². The molecule has 30 heavy (non-hydrogen) atoms. The largest absolute Gasteiger partial charge is 0.398 e. The maximum Gasteiger partial charge on any atom is 0.0702 e. The summed E-state index contributed by atoms with van der Waals surface area (Å²) in [6.07, 6.45) is 8.94. The molecule has 6 nitrogen and oxygen atoms in total. The highest BCUT2D eigenvalue weighted by Crippen LogP contribution is 2.27. The van der Waals surface area contributed by atoms with Gasteiger partial charge in [-0.2, -0.15) is 0 Å². The molecule has 0 radical (unpaired) electrons. The van der Waals surface area contributed by atoms with E-state index in [-0.39, 0.29) is 0 Å². The minimum atomic E-state index is 0.567. The average molecular weight is 419 g/mol. The van der Waals surface area contributed by atoms with Crippen molar-refractivity contribution in [1.29, 1.82) is 0 Å². The Morgan fingerprint density at radius 1 is 1.17 bits per heavy atom. The summed E-state index contributed by atoms with van der Waals surface area (Å²) >= 11 is 1.66. The maximum absolute atomic E-state index is 6.43. The molecule has 0 aliphatic rings. The number of benzene rings is 1. The van der Waals surface area contributed by atoms with E-state index >= 15 is 0 Å². The average Bonchev–Trinajstić information content (AvgIpc) is 2.81. The van der Waals surface area contributed by atoms with Crippen molar-refractivity contribution in [2.75, 3.05) is 24.7 Å². The highest BCUT2D eigenvalue weighted by Gasteiger charge is 2.08. The molecule has 4 N–H and O–H groups in total. The van der Waals surface area contributed by atoms with Crippen molar-refractivity contribution in [2.45, 2.75) is 6.54 Å². The number of allylic oxidation sites excluding steroid dienone is 1. The third-order valence-corrected chi connectivity index (χ3v) is 5.01. The fourth-order valence-electron chi connectivity index (χ4n) is 2.84. The van der Waals surface area contributed by atoms with Gasteiger partial charge in [0, 0.05) is 59.6 Å². The number of nitrogens with one attached hydrogen (secondary N) is 2. The minimum Gasteiger partial charge on any atom is -0.398 e. The van der Waals surface area contributed by atoms with E-state index in [9.17, 15) is 0 Å². The van der Waals surface area contributed by atoms with Crippen molar-refractivity contribution in [3.63, 3.8) is 0 Å². The summed E-state index contributed by atoms with van der Waals surface area (Å²) < 4.78 is 3.08. The molecule has 0 saturated heterocycles. The van der Waals surface area contributed by atoms with Gasteiger partial charge in [-0.15, -0.1) is 0 Å². The summed E-state index contributed by atoms with van der Waals surface area (Å²) in [5.74, 6) is 0.939. The first-order chi connectivity index (χ1) is 14.8. The fraction of sp³-hybridized carbons (Fsp3) is 0.174. The molecule has 3 rings (SSSR count). The van der Waals surface area contributed by atoms with E-state index in [0.29, 0.717) is 12.2 Å². The number of nitrogens with two attached hydrogens (primary N) is 1. The maximum atomic E-state index is 6.43. The molecule has 2 heterocycles. The van der Waals surface area contributed by atoms with Crippen LogP contribution in [0, 0.1) is 0 Å². The van der Waals surface area contributed by atoms with Gasteiger partial charge >= 0.3 is 0 Å². The number of anilines is 1. The van der Waals surface area contributed by atoms with Gasteiger partial charge in [0.05, 0.1) is 12.2 Å².